The van der Waals surface area contributed by atoms with E-state index in [1.54, 1.807) is 7.11 Å². The molecule has 2 aromatic rings. The number of dihydropyridines is 1. The van der Waals surface area contributed by atoms with Crippen LogP contribution in [0.15, 0.2) is 58.9 Å². The number of halogens is 1. The van der Waals surface area contributed by atoms with Crippen molar-refractivity contribution in [3.63, 3.8) is 0 Å². The molecule has 7 nitrogen and oxygen atoms in total. The van der Waals surface area contributed by atoms with Crippen LogP contribution in [0.4, 0.5) is 5.69 Å². The highest BCUT2D eigenvalue weighted by Gasteiger charge is 2.40. The third-order valence-electron chi connectivity index (χ3n) is 7.03. The Bertz CT molecular complexity index is 1320. The van der Waals surface area contributed by atoms with Gasteiger partial charge in [0.15, 0.2) is 29.7 Å². The predicted molar refractivity (Wildman–Crippen MR) is 149 cm³/mol. The number of ketones is 2. The van der Waals surface area contributed by atoms with E-state index in [0.29, 0.717) is 41.2 Å². The fourth-order valence-corrected chi connectivity index (χ4v) is 6.20. The van der Waals surface area contributed by atoms with Crippen LogP contribution in [0.5, 0.6) is 11.5 Å². The zero-order valence-corrected chi connectivity index (χ0v) is 23.1. The van der Waals surface area contributed by atoms with E-state index in [0.717, 1.165) is 51.8 Å². The van der Waals surface area contributed by atoms with Gasteiger partial charge in [0, 0.05) is 47.0 Å². The van der Waals surface area contributed by atoms with Crippen molar-refractivity contribution >= 4 is 45.8 Å². The first-order valence-corrected chi connectivity index (χ1v) is 13.6. The Labute approximate surface area is 229 Å². The van der Waals surface area contributed by atoms with Crippen molar-refractivity contribution in [2.75, 3.05) is 19.0 Å². The van der Waals surface area contributed by atoms with Crippen molar-refractivity contribution in [1.82, 2.24) is 5.32 Å². The minimum absolute atomic E-state index is 0.0887. The second-order valence-corrected chi connectivity index (χ2v) is 10.8. The molecule has 0 saturated heterocycles. The Kier molecular flexibility index (Phi) is 7.37. The number of benzene rings is 2. The van der Waals surface area contributed by atoms with E-state index in [9.17, 15) is 14.4 Å². The summed E-state index contributed by atoms with van der Waals surface area (Å²) in [6, 6.07) is 11.3. The molecule has 0 unspecified atom stereocenters. The van der Waals surface area contributed by atoms with E-state index in [1.165, 1.54) is 0 Å². The molecule has 192 valence electrons. The summed E-state index contributed by atoms with van der Waals surface area (Å²) in [5, 5.41) is 6.29. The van der Waals surface area contributed by atoms with E-state index >= 15 is 0 Å². The Morgan fingerprint density at radius 2 is 1.70 bits per heavy atom. The SMILES string of the molecule is COc1cc(C2C3=C(CCCC3=O)NC3=C2C(=O)CCC3)cc(I)c1OCC(=O)Nc1cccc(C)c1. The average Bonchev–Trinajstić information content (AvgIpc) is 2.86. The fourth-order valence-electron chi connectivity index (χ4n) is 5.42. The highest BCUT2D eigenvalue weighted by molar-refractivity contribution is 14.1. The first-order chi connectivity index (χ1) is 17.9. The van der Waals surface area contributed by atoms with Crippen molar-refractivity contribution in [3.05, 3.63) is 73.6 Å². The normalized spacial score (nSPS) is 17.7. The fraction of sp³-hybridized carbons (Fsp3) is 0.345. The van der Waals surface area contributed by atoms with Gasteiger partial charge in [-0.05, 0) is 90.6 Å². The summed E-state index contributed by atoms with van der Waals surface area (Å²) in [4.78, 5) is 38.8. The topological polar surface area (TPSA) is 93.7 Å². The molecule has 1 heterocycles. The minimum Gasteiger partial charge on any atom is -0.493 e. The number of hydrogen-bond donors (Lipinski definition) is 2. The monoisotopic (exact) mass is 612 g/mol. The lowest BCUT2D eigenvalue weighted by molar-refractivity contribution is -0.118. The second kappa shape index (κ2) is 10.7. The van der Waals surface area contributed by atoms with Gasteiger partial charge >= 0.3 is 0 Å². The molecule has 3 aliphatic rings. The zero-order valence-electron chi connectivity index (χ0n) is 20.9. The average molecular weight is 612 g/mol. The summed E-state index contributed by atoms with van der Waals surface area (Å²) >= 11 is 2.16. The van der Waals surface area contributed by atoms with E-state index < -0.39 is 5.92 Å². The van der Waals surface area contributed by atoms with Crippen LogP contribution in [-0.4, -0.2) is 31.2 Å². The maximum Gasteiger partial charge on any atom is 0.262 e. The molecule has 0 fully saturated rings. The number of ether oxygens (including phenoxy) is 2. The van der Waals surface area contributed by atoms with Gasteiger partial charge in [-0.25, -0.2) is 0 Å². The molecule has 0 aromatic heterocycles. The Morgan fingerprint density at radius 1 is 1.03 bits per heavy atom. The first kappa shape index (κ1) is 25.5. The number of amides is 1. The first-order valence-electron chi connectivity index (χ1n) is 12.5. The highest BCUT2D eigenvalue weighted by atomic mass is 127. The number of Topliss-reactive ketones (excluding diaryl/α,β-unsaturated/α-hetero) is 2. The molecule has 2 aromatic carbocycles. The van der Waals surface area contributed by atoms with Crippen LogP contribution in [0.1, 0.15) is 55.6 Å². The van der Waals surface area contributed by atoms with Gasteiger partial charge in [-0.3, -0.25) is 14.4 Å². The van der Waals surface area contributed by atoms with E-state index in [-0.39, 0.29) is 24.1 Å². The van der Waals surface area contributed by atoms with Crippen LogP contribution >= 0.6 is 22.6 Å². The van der Waals surface area contributed by atoms with Crippen molar-refractivity contribution in [3.8, 4) is 11.5 Å². The zero-order chi connectivity index (χ0) is 26.1. The molecule has 37 heavy (non-hydrogen) atoms. The Balaban J connectivity index is 1.45. The molecule has 0 saturated carbocycles. The Morgan fingerprint density at radius 3 is 2.32 bits per heavy atom. The van der Waals surface area contributed by atoms with Gasteiger partial charge in [-0.2, -0.15) is 0 Å². The summed E-state index contributed by atoms with van der Waals surface area (Å²) in [7, 11) is 1.55. The van der Waals surface area contributed by atoms with Crippen LogP contribution in [0, 0.1) is 10.5 Å². The van der Waals surface area contributed by atoms with Crippen LogP contribution in [0.2, 0.25) is 0 Å². The molecule has 1 aliphatic heterocycles. The summed E-state index contributed by atoms with van der Waals surface area (Å²) in [5.74, 6) is 0.383. The molecule has 8 heteroatoms. The molecule has 2 aliphatic carbocycles. The third-order valence-corrected chi connectivity index (χ3v) is 7.83. The maximum atomic E-state index is 13.1. The molecule has 0 spiro atoms. The molecule has 0 radical (unpaired) electrons. The molecule has 5 rings (SSSR count). The van der Waals surface area contributed by atoms with Gasteiger partial charge < -0.3 is 20.1 Å². The van der Waals surface area contributed by atoms with Gasteiger partial charge in [0.1, 0.15) is 0 Å². The number of carbonyl (C=O) groups is 3. The number of hydrogen-bond acceptors (Lipinski definition) is 6. The van der Waals surface area contributed by atoms with Crippen LogP contribution in [0.25, 0.3) is 0 Å². The lowest BCUT2D eigenvalue weighted by Crippen LogP contribution is -2.36. The smallest absolute Gasteiger partial charge is 0.262 e. The number of carbonyl (C=O) groups excluding carboxylic acids is 3. The van der Waals surface area contributed by atoms with E-state index in [4.69, 9.17) is 9.47 Å². The van der Waals surface area contributed by atoms with Crippen molar-refractivity contribution in [2.24, 2.45) is 0 Å². The summed E-state index contributed by atoms with van der Waals surface area (Å²) in [6.07, 6.45) is 4.19. The number of rotatable bonds is 6. The summed E-state index contributed by atoms with van der Waals surface area (Å²) < 4.78 is 12.3. The molecule has 0 bridgehead atoms. The largest absolute Gasteiger partial charge is 0.493 e. The number of aryl methyl sites for hydroxylation is 1. The molecular formula is C29H29IN2O5. The van der Waals surface area contributed by atoms with E-state index in [2.05, 4.69) is 33.2 Å². The quantitative estimate of drug-likeness (QED) is 0.429. The highest BCUT2D eigenvalue weighted by Crippen LogP contribution is 2.47. The number of nitrogens with one attached hydrogen (secondary N) is 2. The Hall–Kier alpha value is -3.14. The number of anilines is 1. The van der Waals surface area contributed by atoms with Crippen molar-refractivity contribution in [2.45, 2.75) is 51.4 Å². The standard InChI is InChI=1S/C29H29IN2O5/c1-16-6-3-7-18(12-16)31-25(35)15-37-29-19(30)13-17(14-24(29)36-2)26-27-20(8-4-10-22(27)33)32-21-9-5-11-23(34)28(21)26/h3,6-7,12-14,26,32H,4-5,8-11,15H2,1-2H3,(H,31,35). The number of allylic oxidation sites excluding steroid dienone is 4. The van der Waals surface area contributed by atoms with Crippen LogP contribution < -0.4 is 20.1 Å². The number of methoxy groups -OCH3 is 1. The van der Waals surface area contributed by atoms with Crippen LogP contribution in [0.3, 0.4) is 0 Å². The van der Waals surface area contributed by atoms with Crippen molar-refractivity contribution < 1.29 is 23.9 Å². The lowest BCUT2D eigenvalue weighted by Gasteiger charge is -2.37. The van der Waals surface area contributed by atoms with Gasteiger partial charge in [0.2, 0.25) is 0 Å². The van der Waals surface area contributed by atoms with Gasteiger partial charge in [-0.15, -0.1) is 0 Å². The van der Waals surface area contributed by atoms with E-state index in [1.807, 2.05) is 43.3 Å². The summed E-state index contributed by atoms with van der Waals surface area (Å²) in [5.41, 5.74) is 5.86. The second-order valence-electron chi connectivity index (χ2n) is 9.64. The van der Waals surface area contributed by atoms with Gasteiger partial charge in [0.05, 0.1) is 10.7 Å². The predicted octanol–water partition coefficient (Wildman–Crippen LogP) is 5.33. The summed E-state index contributed by atoms with van der Waals surface area (Å²) in [6.45, 7) is 1.78. The maximum absolute atomic E-state index is 13.1. The molecule has 1 amide bonds. The molecular weight excluding hydrogens is 583 g/mol. The molecule has 2 N–H and O–H groups in total. The lowest BCUT2D eigenvalue weighted by atomic mass is 9.71. The third kappa shape index (κ3) is 5.16. The van der Waals surface area contributed by atoms with Gasteiger partial charge in [-0.1, -0.05) is 12.1 Å². The van der Waals surface area contributed by atoms with Crippen molar-refractivity contribution in [1.29, 1.82) is 0 Å². The minimum atomic E-state index is -0.423. The van der Waals surface area contributed by atoms with Gasteiger partial charge in [0.25, 0.3) is 5.91 Å². The molecule has 0 atom stereocenters. The van der Waals surface area contributed by atoms with Crippen LogP contribution in [-0.2, 0) is 14.4 Å².